The molecule has 8 heteroatoms. The molecule has 2 aliphatic heterocycles. The fourth-order valence-corrected chi connectivity index (χ4v) is 3.22. The van der Waals surface area contributed by atoms with Crippen LogP contribution in [0.5, 0.6) is 0 Å². The minimum Gasteiger partial charge on any atom is -0.347 e. The van der Waals surface area contributed by atoms with E-state index in [0.29, 0.717) is 18.7 Å². The number of thioether (sulfide) groups is 1. The Morgan fingerprint density at radius 2 is 2.22 bits per heavy atom. The first-order valence-electron chi connectivity index (χ1n) is 7.27. The Morgan fingerprint density at radius 3 is 2.96 bits per heavy atom. The van der Waals surface area contributed by atoms with Gasteiger partial charge in [-0.1, -0.05) is 6.07 Å². The van der Waals surface area contributed by atoms with E-state index < -0.39 is 0 Å². The summed E-state index contributed by atoms with van der Waals surface area (Å²) in [5.74, 6) is -0.496. The van der Waals surface area contributed by atoms with Crippen molar-refractivity contribution in [3.8, 4) is 0 Å². The maximum Gasteiger partial charge on any atom is 0.267 e. The molecule has 0 spiro atoms. The molecule has 0 fully saturated rings. The van der Waals surface area contributed by atoms with Gasteiger partial charge >= 0.3 is 0 Å². The van der Waals surface area contributed by atoms with Crippen LogP contribution < -0.4 is 16.1 Å². The van der Waals surface area contributed by atoms with Crippen LogP contribution in [0.4, 0.5) is 5.69 Å². The van der Waals surface area contributed by atoms with Gasteiger partial charge in [0.15, 0.2) is 0 Å². The molecule has 1 aromatic carbocycles. The number of hydrazone groups is 1. The van der Waals surface area contributed by atoms with Gasteiger partial charge in [-0.15, -0.1) is 11.8 Å². The number of nitrogens with one attached hydrogen (secondary N) is 3. The van der Waals surface area contributed by atoms with E-state index in [0.717, 1.165) is 16.1 Å². The summed E-state index contributed by atoms with van der Waals surface area (Å²) in [6.07, 6.45) is 0.610. The summed E-state index contributed by atoms with van der Waals surface area (Å²) >= 11 is 1.52. The maximum atomic E-state index is 12.0. The highest BCUT2D eigenvalue weighted by Crippen LogP contribution is 2.35. The summed E-state index contributed by atoms with van der Waals surface area (Å²) in [4.78, 5) is 35.7. The predicted octanol–water partition coefficient (Wildman–Crippen LogP) is 1.00. The van der Waals surface area contributed by atoms with Crippen molar-refractivity contribution in [2.45, 2.75) is 36.5 Å². The number of carbonyl (C=O) groups excluding carboxylic acids is 3. The predicted molar refractivity (Wildman–Crippen MR) is 87.0 cm³/mol. The van der Waals surface area contributed by atoms with Crippen molar-refractivity contribution in [1.82, 2.24) is 10.7 Å². The molecule has 2 heterocycles. The number of carbonyl (C=O) groups is 3. The molecule has 1 atom stereocenters. The van der Waals surface area contributed by atoms with E-state index in [9.17, 15) is 14.4 Å². The molecule has 1 unspecified atom stereocenters. The van der Waals surface area contributed by atoms with Crippen molar-refractivity contribution < 1.29 is 14.4 Å². The van der Waals surface area contributed by atoms with Gasteiger partial charge in [0.1, 0.15) is 5.71 Å². The minimum absolute atomic E-state index is 0.0176. The van der Waals surface area contributed by atoms with Crippen molar-refractivity contribution in [2.75, 3.05) is 5.32 Å². The van der Waals surface area contributed by atoms with Gasteiger partial charge in [-0.2, -0.15) is 5.10 Å². The number of benzene rings is 1. The van der Waals surface area contributed by atoms with Crippen molar-refractivity contribution >= 4 is 40.9 Å². The summed E-state index contributed by atoms with van der Waals surface area (Å²) in [5, 5.41) is 9.28. The summed E-state index contributed by atoms with van der Waals surface area (Å²) < 4.78 is 0. The molecule has 7 nitrogen and oxygen atoms in total. The topological polar surface area (TPSA) is 99.7 Å². The molecule has 3 rings (SSSR count). The smallest absolute Gasteiger partial charge is 0.267 e. The van der Waals surface area contributed by atoms with Gasteiger partial charge in [0.2, 0.25) is 11.8 Å². The average molecular weight is 332 g/mol. The second-order valence-corrected chi connectivity index (χ2v) is 6.74. The quantitative estimate of drug-likeness (QED) is 0.769. The standard InChI is InChI=1S/C15H16N4O3S/c1-8-14(21)17-11-6-9(2-4-12(11)23-8)7-16-15(22)10-3-5-13(20)19-18-10/h2,4,6,8H,3,5,7H2,1H3,(H,16,22)(H,17,21)(H,19,20). The zero-order valence-electron chi connectivity index (χ0n) is 12.5. The Kier molecular flexibility index (Phi) is 4.33. The van der Waals surface area contributed by atoms with Gasteiger partial charge in [-0.25, -0.2) is 5.43 Å². The number of rotatable bonds is 3. The molecule has 2 aliphatic rings. The zero-order chi connectivity index (χ0) is 16.4. The summed E-state index contributed by atoms with van der Waals surface area (Å²) in [6.45, 7) is 2.19. The lowest BCUT2D eigenvalue weighted by molar-refractivity contribution is -0.121. The maximum absolute atomic E-state index is 12.0. The third-order valence-electron chi connectivity index (χ3n) is 3.59. The van der Waals surface area contributed by atoms with Crippen LogP contribution in [0, 0.1) is 0 Å². The molecular weight excluding hydrogens is 316 g/mol. The van der Waals surface area contributed by atoms with Gasteiger partial charge in [0.05, 0.1) is 10.9 Å². The van der Waals surface area contributed by atoms with Gasteiger partial charge in [-0.3, -0.25) is 14.4 Å². The van der Waals surface area contributed by atoms with Crippen LogP contribution in [0.25, 0.3) is 0 Å². The molecule has 1 aromatic rings. The number of fused-ring (bicyclic) bond motifs is 1. The van der Waals surface area contributed by atoms with Crippen LogP contribution in [0.1, 0.15) is 25.3 Å². The highest BCUT2D eigenvalue weighted by Gasteiger charge is 2.23. The number of nitrogens with zero attached hydrogens (tertiary/aromatic N) is 1. The zero-order valence-corrected chi connectivity index (χ0v) is 13.3. The van der Waals surface area contributed by atoms with E-state index in [4.69, 9.17) is 0 Å². The van der Waals surface area contributed by atoms with E-state index in [2.05, 4.69) is 21.2 Å². The number of anilines is 1. The van der Waals surface area contributed by atoms with Crippen molar-refractivity contribution in [1.29, 1.82) is 0 Å². The molecule has 0 aliphatic carbocycles. The van der Waals surface area contributed by atoms with E-state index in [1.807, 2.05) is 25.1 Å². The van der Waals surface area contributed by atoms with Gasteiger partial charge in [-0.05, 0) is 24.6 Å². The Labute approximate surface area is 137 Å². The molecule has 120 valence electrons. The first-order valence-corrected chi connectivity index (χ1v) is 8.15. The average Bonchev–Trinajstić information content (AvgIpc) is 2.54. The molecule has 0 radical (unpaired) electrons. The molecule has 0 bridgehead atoms. The highest BCUT2D eigenvalue weighted by molar-refractivity contribution is 8.00. The molecule has 3 amide bonds. The molecule has 0 saturated carbocycles. The molecule has 0 aromatic heterocycles. The third kappa shape index (κ3) is 3.53. The van der Waals surface area contributed by atoms with Crippen LogP contribution in [0.3, 0.4) is 0 Å². The van der Waals surface area contributed by atoms with Crippen molar-refractivity contribution in [2.24, 2.45) is 5.10 Å². The second-order valence-electron chi connectivity index (χ2n) is 5.36. The fourth-order valence-electron chi connectivity index (χ4n) is 2.29. The lowest BCUT2D eigenvalue weighted by Crippen LogP contribution is -2.36. The monoisotopic (exact) mass is 332 g/mol. The largest absolute Gasteiger partial charge is 0.347 e. The summed E-state index contributed by atoms with van der Waals surface area (Å²) in [5.41, 5.74) is 4.27. The van der Waals surface area contributed by atoms with Gasteiger partial charge < -0.3 is 10.6 Å². The normalized spacial score (nSPS) is 20.0. The first kappa shape index (κ1) is 15.5. The number of hydrogen-bond donors (Lipinski definition) is 3. The Hall–Kier alpha value is -2.35. The molecule has 23 heavy (non-hydrogen) atoms. The highest BCUT2D eigenvalue weighted by atomic mass is 32.2. The van der Waals surface area contributed by atoms with Crippen LogP contribution in [0.15, 0.2) is 28.2 Å². The van der Waals surface area contributed by atoms with Gasteiger partial charge in [0, 0.05) is 24.3 Å². The van der Waals surface area contributed by atoms with Crippen molar-refractivity contribution in [3.63, 3.8) is 0 Å². The Morgan fingerprint density at radius 1 is 1.39 bits per heavy atom. The molecule has 3 N–H and O–H groups in total. The van der Waals surface area contributed by atoms with Gasteiger partial charge in [0.25, 0.3) is 5.91 Å². The lowest BCUT2D eigenvalue weighted by Gasteiger charge is -2.22. The van der Waals surface area contributed by atoms with Crippen LogP contribution in [0.2, 0.25) is 0 Å². The summed E-state index contributed by atoms with van der Waals surface area (Å²) in [6, 6.07) is 5.72. The van der Waals surface area contributed by atoms with Crippen molar-refractivity contribution in [3.05, 3.63) is 23.8 Å². The SMILES string of the molecule is CC1Sc2ccc(CNC(=O)C3=NNC(=O)CC3)cc2NC1=O. The first-order chi connectivity index (χ1) is 11.0. The number of amides is 3. The van der Waals surface area contributed by atoms with E-state index >= 15 is 0 Å². The molecule has 0 saturated heterocycles. The van der Waals surface area contributed by atoms with E-state index in [1.54, 1.807) is 0 Å². The fraction of sp³-hybridized carbons (Fsp3) is 0.333. The third-order valence-corrected chi connectivity index (χ3v) is 4.77. The van der Waals surface area contributed by atoms with Crippen LogP contribution in [-0.4, -0.2) is 28.7 Å². The Balaban J connectivity index is 1.63. The number of hydrogen-bond acceptors (Lipinski definition) is 5. The lowest BCUT2D eigenvalue weighted by atomic mass is 10.1. The minimum atomic E-state index is -0.297. The Bertz CT molecular complexity index is 717. The summed E-state index contributed by atoms with van der Waals surface area (Å²) in [7, 11) is 0. The molecular formula is C15H16N4O3S. The van der Waals surface area contributed by atoms with Crippen LogP contribution in [-0.2, 0) is 20.9 Å². The van der Waals surface area contributed by atoms with E-state index in [-0.39, 0.29) is 29.4 Å². The van der Waals surface area contributed by atoms with E-state index in [1.165, 1.54) is 11.8 Å². The van der Waals surface area contributed by atoms with Crippen LogP contribution >= 0.6 is 11.8 Å². The second kappa shape index (κ2) is 6.41.